The summed E-state index contributed by atoms with van der Waals surface area (Å²) in [6.07, 6.45) is -2.18. The molecular weight excluding hydrogens is 542 g/mol. The summed E-state index contributed by atoms with van der Waals surface area (Å²) in [7, 11) is 0. The molecule has 1 amide bonds. The van der Waals surface area contributed by atoms with E-state index < -0.39 is 30.4 Å². The molecule has 0 spiro atoms. The largest absolute Gasteiger partial charge is 0.445 e. The summed E-state index contributed by atoms with van der Waals surface area (Å²) >= 11 is 0. The second kappa shape index (κ2) is 16.0. The molecule has 7 nitrogen and oxygen atoms in total. The van der Waals surface area contributed by atoms with E-state index in [0.717, 1.165) is 22.3 Å². The van der Waals surface area contributed by atoms with Gasteiger partial charge in [0.25, 0.3) is 0 Å². The molecule has 1 aliphatic rings. The molecular formula is C36H39NO6. The van der Waals surface area contributed by atoms with E-state index in [1.54, 1.807) is 4.90 Å². The first-order valence-corrected chi connectivity index (χ1v) is 14.7. The van der Waals surface area contributed by atoms with Crippen LogP contribution in [0.3, 0.4) is 0 Å². The smallest absolute Gasteiger partial charge is 0.410 e. The first-order chi connectivity index (χ1) is 21.2. The quantitative estimate of drug-likeness (QED) is 0.216. The molecule has 0 bridgehead atoms. The Balaban J connectivity index is 1.40. The highest BCUT2D eigenvalue weighted by molar-refractivity contribution is 5.68. The highest BCUT2D eigenvalue weighted by Crippen LogP contribution is 2.27. The van der Waals surface area contributed by atoms with Crippen molar-refractivity contribution in [2.45, 2.75) is 57.2 Å². The lowest BCUT2D eigenvalue weighted by atomic mass is 10.0. The zero-order chi connectivity index (χ0) is 29.7. The van der Waals surface area contributed by atoms with Crippen molar-refractivity contribution in [2.24, 2.45) is 0 Å². The molecule has 0 aliphatic carbocycles. The van der Waals surface area contributed by atoms with Crippen molar-refractivity contribution in [1.82, 2.24) is 4.90 Å². The van der Waals surface area contributed by atoms with Crippen LogP contribution in [0.1, 0.15) is 28.7 Å². The van der Waals surface area contributed by atoms with Crippen LogP contribution in [-0.4, -0.2) is 53.6 Å². The van der Waals surface area contributed by atoms with Crippen LogP contribution in [0.5, 0.6) is 0 Å². The number of hydrogen-bond acceptors (Lipinski definition) is 6. The monoisotopic (exact) mass is 581 g/mol. The Labute approximate surface area is 253 Å². The van der Waals surface area contributed by atoms with E-state index >= 15 is 0 Å². The summed E-state index contributed by atoms with van der Waals surface area (Å²) in [5.74, 6) is 0. The summed E-state index contributed by atoms with van der Waals surface area (Å²) in [6, 6.07) is 38.6. The fourth-order valence-electron chi connectivity index (χ4n) is 5.26. The third-order valence-electron chi connectivity index (χ3n) is 7.49. The Morgan fingerprint density at radius 2 is 1.12 bits per heavy atom. The van der Waals surface area contributed by atoms with Crippen molar-refractivity contribution >= 4 is 6.09 Å². The summed E-state index contributed by atoms with van der Waals surface area (Å²) in [5.41, 5.74) is 3.91. The number of rotatable bonds is 12. The molecule has 1 heterocycles. The maximum Gasteiger partial charge on any atom is 0.410 e. The maximum absolute atomic E-state index is 13.7. The molecule has 1 saturated heterocycles. The second-order valence-corrected chi connectivity index (χ2v) is 10.7. The molecule has 0 aromatic heterocycles. The molecule has 224 valence electrons. The van der Waals surface area contributed by atoms with Gasteiger partial charge in [-0.15, -0.1) is 0 Å². The molecule has 0 unspecified atom stereocenters. The van der Waals surface area contributed by atoms with Gasteiger partial charge >= 0.3 is 6.09 Å². The van der Waals surface area contributed by atoms with Crippen LogP contribution in [0.15, 0.2) is 121 Å². The van der Waals surface area contributed by atoms with Crippen LogP contribution in [0.25, 0.3) is 0 Å². The van der Waals surface area contributed by atoms with Crippen LogP contribution in [-0.2, 0) is 45.4 Å². The molecule has 43 heavy (non-hydrogen) atoms. The number of aliphatic hydroxyl groups is 1. The van der Waals surface area contributed by atoms with Crippen LogP contribution in [0.4, 0.5) is 4.79 Å². The second-order valence-electron chi connectivity index (χ2n) is 10.7. The molecule has 4 atom stereocenters. The van der Waals surface area contributed by atoms with Crippen molar-refractivity contribution in [3.05, 3.63) is 144 Å². The average Bonchev–Trinajstić information content (AvgIpc) is 3.19. The number of aliphatic hydroxyl groups excluding tert-OH is 1. The minimum atomic E-state index is -0.841. The highest BCUT2D eigenvalue weighted by atomic mass is 16.6. The van der Waals surface area contributed by atoms with Gasteiger partial charge in [0.1, 0.15) is 12.7 Å². The maximum atomic E-state index is 13.7. The van der Waals surface area contributed by atoms with Crippen molar-refractivity contribution in [1.29, 1.82) is 0 Å². The van der Waals surface area contributed by atoms with Crippen molar-refractivity contribution in [3.63, 3.8) is 0 Å². The van der Waals surface area contributed by atoms with Gasteiger partial charge < -0.3 is 24.1 Å². The van der Waals surface area contributed by atoms with Gasteiger partial charge in [-0.2, -0.15) is 0 Å². The topological polar surface area (TPSA) is 77.5 Å². The van der Waals surface area contributed by atoms with E-state index in [0.29, 0.717) is 26.2 Å². The number of ether oxygens (including phenoxy) is 4. The lowest BCUT2D eigenvalue weighted by Gasteiger charge is -2.36. The number of hydrogen-bond donors (Lipinski definition) is 1. The third-order valence-corrected chi connectivity index (χ3v) is 7.49. The van der Waals surface area contributed by atoms with Gasteiger partial charge in [-0.3, -0.25) is 4.90 Å². The Morgan fingerprint density at radius 1 is 0.651 bits per heavy atom. The van der Waals surface area contributed by atoms with Crippen molar-refractivity contribution in [2.75, 3.05) is 13.2 Å². The van der Waals surface area contributed by atoms with Crippen molar-refractivity contribution < 1.29 is 28.8 Å². The summed E-state index contributed by atoms with van der Waals surface area (Å²) in [4.78, 5) is 15.2. The molecule has 4 aromatic rings. The fourth-order valence-corrected chi connectivity index (χ4v) is 5.26. The summed E-state index contributed by atoms with van der Waals surface area (Å²) < 4.78 is 25.0. The number of likely N-dealkylation sites (tertiary alicyclic amines) is 1. The number of amides is 1. The first-order valence-electron chi connectivity index (χ1n) is 14.7. The minimum absolute atomic E-state index is 0.0728. The Bertz CT molecular complexity index is 1360. The predicted octanol–water partition coefficient (Wildman–Crippen LogP) is 6.15. The van der Waals surface area contributed by atoms with Crippen LogP contribution in [0, 0.1) is 0 Å². The standard InChI is InChI=1S/C36H39NO6/c38-32-21-34(41-24-29-15-7-2-8-16-29)35(42-25-30-17-9-3-10-18-30)33(27-40-23-28-13-5-1-6-14-28)37(22-32)36(39)43-26-31-19-11-4-12-20-31/h1-20,32-35,38H,21-27H2/t32-,33+,34-,35-/m1/s1. The van der Waals surface area contributed by atoms with Gasteiger partial charge in [0.05, 0.1) is 51.2 Å². The average molecular weight is 582 g/mol. The van der Waals surface area contributed by atoms with Gasteiger partial charge in [-0.25, -0.2) is 4.79 Å². The van der Waals surface area contributed by atoms with Crippen LogP contribution >= 0.6 is 0 Å². The lowest BCUT2D eigenvalue weighted by Crippen LogP contribution is -2.53. The first kappa shape index (κ1) is 30.4. The van der Waals surface area contributed by atoms with E-state index in [-0.39, 0.29) is 19.8 Å². The molecule has 1 N–H and O–H groups in total. The number of carbonyl (C=O) groups excluding carboxylic acids is 1. The number of benzene rings is 4. The van der Waals surface area contributed by atoms with E-state index in [9.17, 15) is 9.90 Å². The zero-order valence-electron chi connectivity index (χ0n) is 24.2. The van der Waals surface area contributed by atoms with Gasteiger partial charge in [-0.05, 0) is 22.3 Å². The van der Waals surface area contributed by atoms with E-state index in [2.05, 4.69) is 0 Å². The fraction of sp³-hybridized carbons (Fsp3) is 0.306. The number of β-amino-alcohol motifs (C(OH)–C–C–N with tert-alkyl or cyclic N) is 1. The van der Waals surface area contributed by atoms with Crippen molar-refractivity contribution in [3.8, 4) is 0 Å². The van der Waals surface area contributed by atoms with Crippen LogP contribution < -0.4 is 0 Å². The third kappa shape index (κ3) is 9.24. The van der Waals surface area contributed by atoms with E-state index in [1.165, 1.54) is 0 Å². The van der Waals surface area contributed by atoms with Gasteiger partial charge in [-0.1, -0.05) is 121 Å². The predicted molar refractivity (Wildman–Crippen MR) is 164 cm³/mol. The van der Waals surface area contributed by atoms with Gasteiger partial charge in [0, 0.05) is 6.42 Å². The van der Waals surface area contributed by atoms with E-state index in [1.807, 2.05) is 121 Å². The SMILES string of the molecule is O=C(OCc1ccccc1)N1C[C@H](O)C[C@@H](OCc2ccccc2)[C@H](OCc2ccccc2)[C@@H]1COCc1ccccc1. The normalized spacial score (nSPS) is 20.3. The van der Waals surface area contributed by atoms with Gasteiger partial charge in [0.2, 0.25) is 0 Å². The van der Waals surface area contributed by atoms with Gasteiger partial charge in [0.15, 0.2) is 0 Å². The lowest BCUT2D eigenvalue weighted by molar-refractivity contribution is -0.123. The minimum Gasteiger partial charge on any atom is -0.445 e. The number of nitrogens with zero attached hydrogens (tertiary/aromatic N) is 1. The Morgan fingerprint density at radius 3 is 1.65 bits per heavy atom. The highest BCUT2D eigenvalue weighted by Gasteiger charge is 2.43. The molecule has 1 aliphatic heterocycles. The molecule has 5 rings (SSSR count). The number of carbonyl (C=O) groups is 1. The molecule has 4 aromatic carbocycles. The Kier molecular flexibility index (Phi) is 11.3. The van der Waals surface area contributed by atoms with Crippen LogP contribution in [0.2, 0.25) is 0 Å². The van der Waals surface area contributed by atoms with E-state index in [4.69, 9.17) is 18.9 Å². The molecule has 0 radical (unpaired) electrons. The molecule has 0 saturated carbocycles. The Hall–Kier alpha value is -4.01. The summed E-state index contributed by atoms with van der Waals surface area (Å²) in [6.45, 7) is 1.39. The molecule has 1 fully saturated rings. The molecule has 7 heteroatoms. The zero-order valence-corrected chi connectivity index (χ0v) is 24.2. The summed E-state index contributed by atoms with van der Waals surface area (Å²) in [5, 5.41) is 11.2.